The lowest BCUT2D eigenvalue weighted by molar-refractivity contribution is -0.0468. The Morgan fingerprint density at radius 1 is 1.41 bits per heavy atom. The van der Waals surface area contributed by atoms with Crippen LogP contribution in [0.1, 0.15) is 13.8 Å². The van der Waals surface area contributed by atoms with E-state index in [1.54, 1.807) is 0 Å². The van der Waals surface area contributed by atoms with Gasteiger partial charge in [0.05, 0.1) is 28.7 Å². The van der Waals surface area contributed by atoms with Crippen molar-refractivity contribution in [3.8, 4) is 5.75 Å². The van der Waals surface area contributed by atoms with Crippen LogP contribution in [0.5, 0.6) is 5.75 Å². The molecule has 1 saturated heterocycles. The number of phenols is 1. The summed E-state index contributed by atoms with van der Waals surface area (Å²) in [5.41, 5.74) is -0.240. The number of halogens is 1. The van der Waals surface area contributed by atoms with Gasteiger partial charge in [-0.3, -0.25) is 5.32 Å². The molecule has 122 valence electrons. The number of hydrogen-bond acceptors (Lipinski definition) is 5. The van der Waals surface area contributed by atoms with E-state index in [9.17, 15) is 18.3 Å². The molecular weight excluding hydrogens is 334 g/mol. The van der Waals surface area contributed by atoms with Crippen molar-refractivity contribution < 1.29 is 28.2 Å². The second kappa shape index (κ2) is 5.60. The van der Waals surface area contributed by atoms with Crippen molar-refractivity contribution >= 4 is 33.2 Å². The Morgan fingerprint density at radius 3 is 2.45 bits per heavy atom. The summed E-state index contributed by atoms with van der Waals surface area (Å²) in [4.78, 5) is 10.2. The molecule has 0 radical (unpaired) electrons. The normalized spacial score (nSPS) is 16.1. The van der Waals surface area contributed by atoms with Crippen LogP contribution < -0.4 is 5.32 Å². The molecule has 1 aliphatic rings. The highest BCUT2D eigenvalue weighted by Gasteiger charge is 2.48. The number of anilines is 1. The Labute approximate surface area is 132 Å². The topological polar surface area (TPSA) is 113 Å². The Kier molecular flexibility index (Phi) is 4.29. The van der Waals surface area contributed by atoms with E-state index in [2.05, 4.69) is 0 Å². The number of carbonyl (C=O) groups is 1. The standard InChI is InChI=1S/C13H16ClNO6S/c1-13(2,7-5-21-6-7)22(19,20)11-8(14)3-4-9(10(11)16)15-12(17)18/h3-4,7,15-16H,5-6H2,1-2H3,(H,17,18). The molecule has 7 nitrogen and oxygen atoms in total. The van der Waals surface area contributed by atoms with Gasteiger partial charge in [0.2, 0.25) is 0 Å². The van der Waals surface area contributed by atoms with Crippen molar-refractivity contribution in [3.05, 3.63) is 17.2 Å². The first-order valence-corrected chi connectivity index (χ1v) is 8.29. The summed E-state index contributed by atoms with van der Waals surface area (Å²) in [7, 11) is -4.01. The highest BCUT2D eigenvalue weighted by atomic mass is 35.5. The average molecular weight is 350 g/mol. The number of amides is 1. The van der Waals surface area contributed by atoms with E-state index in [4.69, 9.17) is 21.4 Å². The zero-order valence-electron chi connectivity index (χ0n) is 12.0. The minimum absolute atomic E-state index is 0.165. The lowest BCUT2D eigenvalue weighted by Gasteiger charge is -2.39. The molecule has 22 heavy (non-hydrogen) atoms. The first kappa shape index (κ1) is 16.9. The molecule has 1 heterocycles. The summed E-state index contributed by atoms with van der Waals surface area (Å²) in [5, 5.41) is 20.7. The summed E-state index contributed by atoms with van der Waals surface area (Å²) < 4.78 is 29.6. The summed E-state index contributed by atoms with van der Waals surface area (Å²) in [6.45, 7) is 3.67. The van der Waals surface area contributed by atoms with Crippen molar-refractivity contribution in [1.82, 2.24) is 0 Å². The van der Waals surface area contributed by atoms with Crippen molar-refractivity contribution in [1.29, 1.82) is 0 Å². The molecule has 0 unspecified atom stereocenters. The molecule has 0 aromatic heterocycles. The second-order valence-corrected chi connectivity index (χ2v) is 8.42. The van der Waals surface area contributed by atoms with Gasteiger partial charge in [0.25, 0.3) is 0 Å². The molecule has 2 rings (SSSR count). The quantitative estimate of drug-likeness (QED) is 0.719. The fourth-order valence-electron chi connectivity index (χ4n) is 2.14. The van der Waals surface area contributed by atoms with Gasteiger partial charge < -0.3 is 14.9 Å². The number of hydrogen-bond donors (Lipinski definition) is 3. The Balaban J connectivity index is 2.57. The van der Waals surface area contributed by atoms with E-state index in [-0.39, 0.29) is 16.6 Å². The SMILES string of the molecule is CC(C)(C1COC1)S(=O)(=O)c1c(Cl)ccc(NC(=O)O)c1O. The van der Waals surface area contributed by atoms with Gasteiger partial charge in [0.15, 0.2) is 15.6 Å². The minimum Gasteiger partial charge on any atom is -0.504 e. The molecule has 0 spiro atoms. The van der Waals surface area contributed by atoms with Crippen LogP contribution >= 0.6 is 11.6 Å². The maximum absolute atomic E-state index is 12.9. The zero-order chi connectivity index (χ0) is 16.7. The monoisotopic (exact) mass is 349 g/mol. The van der Waals surface area contributed by atoms with Gasteiger partial charge in [-0.15, -0.1) is 0 Å². The number of carboxylic acid groups (broad SMARTS) is 1. The van der Waals surface area contributed by atoms with Gasteiger partial charge in [0.1, 0.15) is 4.90 Å². The van der Waals surface area contributed by atoms with E-state index in [1.807, 2.05) is 5.32 Å². The van der Waals surface area contributed by atoms with Crippen LogP contribution in [0.25, 0.3) is 0 Å². The molecule has 3 N–H and O–H groups in total. The summed E-state index contributed by atoms with van der Waals surface area (Å²) in [5.74, 6) is -0.938. The summed E-state index contributed by atoms with van der Waals surface area (Å²) >= 11 is 5.95. The molecule has 1 aromatic carbocycles. The largest absolute Gasteiger partial charge is 0.504 e. The van der Waals surface area contributed by atoms with Crippen LogP contribution in [0.2, 0.25) is 5.02 Å². The van der Waals surface area contributed by atoms with Gasteiger partial charge in [-0.25, -0.2) is 13.2 Å². The molecule has 1 amide bonds. The predicted octanol–water partition coefficient (Wildman–Crippen LogP) is 2.33. The lowest BCUT2D eigenvalue weighted by atomic mass is 9.93. The third kappa shape index (κ3) is 2.62. The van der Waals surface area contributed by atoms with Crippen LogP contribution in [0, 0.1) is 5.92 Å². The molecule has 0 aliphatic carbocycles. The Bertz CT molecular complexity index is 711. The Morgan fingerprint density at radius 2 is 2.00 bits per heavy atom. The molecule has 1 fully saturated rings. The fraction of sp³-hybridized carbons (Fsp3) is 0.462. The van der Waals surface area contributed by atoms with Crippen LogP contribution in [-0.2, 0) is 14.6 Å². The van der Waals surface area contributed by atoms with Gasteiger partial charge in [0, 0.05) is 5.92 Å². The zero-order valence-corrected chi connectivity index (χ0v) is 13.5. The van der Waals surface area contributed by atoms with Crippen molar-refractivity contribution in [2.75, 3.05) is 18.5 Å². The van der Waals surface area contributed by atoms with Crippen molar-refractivity contribution in [2.45, 2.75) is 23.5 Å². The van der Waals surface area contributed by atoms with Gasteiger partial charge in [-0.2, -0.15) is 0 Å². The van der Waals surface area contributed by atoms with Gasteiger partial charge >= 0.3 is 6.09 Å². The van der Waals surface area contributed by atoms with Crippen LogP contribution in [0.3, 0.4) is 0 Å². The number of aromatic hydroxyl groups is 1. The van der Waals surface area contributed by atoms with E-state index in [0.717, 1.165) is 0 Å². The second-order valence-electron chi connectivity index (χ2n) is 5.54. The maximum Gasteiger partial charge on any atom is 0.409 e. The first-order chi connectivity index (χ1) is 10.1. The average Bonchev–Trinajstić information content (AvgIpc) is 2.29. The molecule has 1 aromatic rings. The van der Waals surface area contributed by atoms with Crippen molar-refractivity contribution in [3.63, 3.8) is 0 Å². The number of ether oxygens (including phenoxy) is 1. The summed E-state index contributed by atoms with van der Waals surface area (Å²) in [6, 6.07) is 2.43. The first-order valence-electron chi connectivity index (χ1n) is 6.43. The smallest absolute Gasteiger partial charge is 0.409 e. The minimum atomic E-state index is -4.01. The van der Waals surface area contributed by atoms with E-state index < -0.39 is 31.3 Å². The molecule has 9 heteroatoms. The predicted molar refractivity (Wildman–Crippen MR) is 80.3 cm³/mol. The van der Waals surface area contributed by atoms with Crippen LogP contribution in [-0.4, -0.2) is 42.7 Å². The van der Waals surface area contributed by atoms with E-state index >= 15 is 0 Å². The highest BCUT2D eigenvalue weighted by molar-refractivity contribution is 7.93. The molecule has 1 aliphatic heterocycles. The highest BCUT2D eigenvalue weighted by Crippen LogP contribution is 2.44. The van der Waals surface area contributed by atoms with Crippen molar-refractivity contribution in [2.24, 2.45) is 5.92 Å². The maximum atomic E-state index is 12.9. The molecular formula is C13H16ClNO6S. The van der Waals surface area contributed by atoms with E-state index in [1.165, 1.54) is 26.0 Å². The number of nitrogens with one attached hydrogen (secondary N) is 1. The van der Waals surface area contributed by atoms with Crippen LogP contribution in [0.4, 0.5) is 10.5 Å². The molecule has 0 bridgehead atoms. The van der Waals surface area contributed by atoms with Crippen LogP contribution in [0.15, 0.2) is 17.0 Å². The third-order valence-electron chi connectivity index (χ3n) is 3.91. The summed E-state index contributed by atoms with van der Waals surface area (Å²) in [6.07, 6.45) is -1.42. The fourth-order valence-corrected chi connectivity index (χ4v) is 4.39. The number of phenolic OH excluding ortho intramolecular Hbond substituents is 1. The molecule has 0 saturated carbocycles. The van der Waals surface area contributed by atoms with E-state index in [0.29, 0.717) is 13.2 Å². The Hall–Kier alpha value is -1.51. The lowest BCUT2D eigenvalue weighted by Crippen LogP contribution is -2.49. The number of sulfone groups is 1. The van der Waals surface area contributed by atoms with Gasteiger partial charge in [-0.1, -0.05) is 11.6 Å². The number of benzene rings is 1. The van der Waals surface area contributed by atoms with Gasteiger partial charge in [-0.05, 0) is 26.0 Å². The number of rotatable bonds is 4. The third-order valence-corrected chi connectivity index (χ3v) is 7.00. The molecule has 0 atom stereocenters.